The molecule has 0 radical (unpaired) electrons. The lowest BCUT2D eigenvalue weighted by molar-refractivity contribution is -0.138. The molecule has 32 heavy (non-hydrogen) atoms. The molecule has 2 aromatic carbocycles. The van der Waals surface area contributed by atoms with Crippen LogP contribution in [0.5, 0.6) is 5.75 Å². The largest absolute Gasteiger partial charge is 0.492 e. The Bertz CT molecular complexity index is 1070. The van der Waals surface area contributed by atoms with Gasteiger partial charge in [-0.1, -0.05) is 36.4 Å². The summed E-state index contributed by atoms with van der Waals surface area (Å²) in [7, 11) is -0.766. The Balaban J connectivity index is 1.68. The first-order valence-electron chi connectivity index (χ1n) is 10.2. The SMILES string of the molecule is CN(C)S(=O)(=O)N1C[C@H](CC(=O)O)C[C@H]1COc1ccc(-c2ccc(C(=N)N)cc2)cc1. The Labute approximate surface area is 188 Å². The molecule has 2 atom stereocenters. The van der Waals surface area contributed by atoms with E-state index in [1.165, 1.54) is 18.4 Å². The number of nitrogen functional groups attached to an aromatic ring is 1. The number of carboxylic acid groups (broad SMARTS) is 1. The summed E-state index contributed by atoms with van der Waals surface area (Å²) in [5.74, 6) is -0.581. The zero-order chi connectivity index (χ0) is 23.5. The zero-order valence-corrected chi connectivity index (χ0v) is 18.9. The molecule has 0 unspecified atom stereocenters. The lowest BCUT2D eigenvalue weighted by atomic mass is 10.0. The number of benzene rings is 2. The summed E-state index contributed by atoms with van der Waals surface area (Å²) in [5.41, 5.74) is 8.08. The summed E-state index contributed by atoms with van der Waals surface area (Å²) in [5, 5.41) is 16.6. The van der Waals surface area contributed by atoms with Gasteiger partial charge in [0.15, 0.2) is 0 Å². The molecule has 2 aromatic rings. The number of ether oxygens (including phenoxy) is 1. The highest BCUT2D eigenvalue weighted by Crippen LogP contribution is 2.30. The average Bonchev–Trinajstić information content (AvgIpc) is 3.15. The highest BCUT2D eigenvalue weighted by molar-refractivity contribution is 7.86. The summed E-state index contributed by atoms with van der Waals surface area (Å²) in [6, 6.07) is 14.3. The maximum absolute atomic E-state index is 12.7. The molecular weight excluding hydrogens is 432 g/mol. The summed E-state index contributed by atoms with van der Waals surface area (Å²) in [4.78, 5) is 11.1. The van der Waals surface area contributed by atoms with Crippen LogP contribution in [-0.4, -0.2) is 67.2 Å². The summed E-state index contributed by atoms with van der Waals surface area (Å²) < 4.78 is 33.7. The standard InChI is InChI=1S/C22H28N4O5S/c1-25(2)32(29,30)26-13-15(12-21(27)28)11-19(26)14-31-20-9-7-17(8-10-20)16-3-5-18(6-4-16)22(23)24/h3-10,15,19H,11-14H2,1-2H3,(H3,23,24)(H,27,28)/t15-,19-/m0/s1. The van der Waals surface area contributed by atoms with E-state index in [-0.39, 0.29) is 31.3 Å². The molecule has 172 valence electrons. The van der Waals surface area contributed by atoms with Gasteiger partial charge in [0.25, 0.3) is 10.2 Å². The predicted molar refractivity (Wildman–Crippen MR) is 122 cm³/mol. The number of carbonyl (C=O) groups is 1. The second-order valence-electron chi connectivity index (χ2n) is 8.04. The van der Waals surface area contributed by atoms with Gasteiger partial charge in [0.2, 0.25) is 0 Å². The van der Waals surface area contributed by atoms with Crippen molar-refractivity contribution in [1.29, 1.82) is 5.41 Å². The molecule has 10 heteroatoms. The van der Waals surface area contributed by atoms with Crippen molar-refractivity contribution in [3.05, 3.63) is 54.1 Å². The van der Waals surface area contributed by atoms with Gasteiger partial charge in [0.05, 0.1) is 6.04 Å². The maximum atomic E-state index is 12.7. The highest BCUT2D eigenvalue weighted by Gasteiger charge is 2.41. The van der Waals surface area contributed by atoms with Gasteiger partial charge in [0, 0.05) is 32.6 Å². The Kier molecular flexibility index (Phi) is 7.17. The van der Waals surface area contributed by atoms with Crippen molar-refractivity contribution in [2.24, 2.45) is 11.7 Å². The smallest absolute Gasteiger partial charge is 0.303 e. The number of aliphatic carboxylic acids is 1. The van der Waals surface area contributed by atoms with Crippen molar-refractivity contribution >= 4 is 22.0 Å². The van der Waals surface area contributed by atoms with Gasteiger partial charge in [-0.05, 0) is 35.6 Å². The maximum Gasteiger partial charge on any atom is 0.303 e. The first-order valence-corrected chi connectivity index (χ1v) is 11.6. The van der Waals surface area contributed by atoms with Crippen molar-refractivity contribution in [1.82, 2.24) is 8.61 Å². The number of nitrogens with zero attached hydrogens (tertiary/aromatic N) is 2. The van der Waals surface area contributed by atoms with Crippen molar-refractivity contribution in [3.8, 4) is 16.9 Å². The predicted octanol–water partition coefficient (Wildman–Crippen LogP) is 1.99. The molecule has 0 bridgehead atoms. The third-order valence-electron chi connectivity index (χ3n) is 5.50. The van der Waals surface area contributed by atoms with Gasteiger partial charge < -0.3 is 15.6 Å². The first kappa shape index (κ1) is 23.7. The molecule has 3 rings (SSSR count). The third-order valence-corrected chi connectivity index (χ3v) is 7.46. The van der Waals surface area contributed by atoms with Crippen molar-refractivity contribution in [2.45, 2.75) is 18.9 Å². The first-order chi connectivity index (χ1) is 15.1. The van der Waals surface area contributed by atoms with Gasteiger partial charge in [-0.25, -0.2) is 0 Å². The number of nitrogens with two attached hydrogens (primary N) is 1. The molecule has 9 nitrogen and oxygen atoms in total. The monoisotopic (exact) mass is 460 g/mol. The Morgan fingerprint density at radius 1 is 1.16 bits per heavy atom. The molecule has 1 heterocycles. The molecule has 4 N–H and O–H groups in total. The quantitative estimate of drug-likeness (QED) is 0.387. The second kappa shape index (κ2) is 9.68. The molecule has 1 aliphatic rings. The number of carboxylic acids is 1. The molecule has 1 fully saturated rings. The molecule has 0 aliphatic carbocycles. The fourth-order valence-corrected chi connectivity index (χ4v) is 5.14. The van der Waals surface area contributed by atoms with E-state index >= 15 is 0 Å². The van der Waals surface area contributed by atoms with Crippen LogP contribution in [0.4, 0.5) is 0 Å². The number of amidine groups is 1. The molecular formula is C22H28N4O5S. The molecule has 0 saturated carbocycles. The minimum atomic E-state index is -3.68. The fraction of sp³-hybridized carbons (Fsp3) is 0.364. The Hall–Kier alpha value is -2.95. The van der Waals surface area contributed by atoms with Crippen LogP contribution in [-0.2, 0) is 15.0 Å². The van der Waals surface area contributed by atoms with Gasteiger partial charge >= 0.3 is 5.97 Å². The zero-order valence-electron chi connectivity index (χ0n) is 18.1. The van der Waals surface area contributed by atoms with E-state index in [9.17, 15) is 13.2 Å². The molecule has 1 saturated heterocycles. The average molecular weight is 461 g/mol. The van der Waals surface area contributed by atoms with Crippen molar-refractivity contribution < 1.29 is 23.1 Å². The van der Waals surface area contributed by atoms with Crippen molar-refractivity contribution in [3.63, 3.8) is 0 Å². The van der Waals surface area contributed by atoms with Gasteiger partial charge in [0.1, 0.15) is 18.2 Å². The van der Waals surface area contributed by atoms with Crippen LogP contribution in [0, 0.1) is 11.3 Å². The lowest BCUT2D eigenvalue weighted by Crippen LogP contribution is -2.45. The van der Waals surface area contributed by atoms with E-state index in [0.717, 1.165) is 15.4 Å². The molecule has 0 spiro atoms. The molecule has 0 amide bonds. The van der Waals surface area contributed by atoms with Crippen LogP contribution in [0.25, 0.3) is 11.1 Å². The van der Waals surface area contributed by atoms with Gasteiger partial charge in [-0.2, -0.15) is 17.0 Å². The van der Waals surface area contributed by atoms with Gasteiger partial charge in [-0.3, -0.25) is 10.2 Å². The molecule has 0 aromatic heterocycles. The summed E-state index contributed by atoms with van der Waals surface area (Å²) >= 11 is 0. The van der Waals surface area contributed by atoms with E-state index in [0.29, 0.717) is 17.7 Å². The lowest BCUT2D eigenvalue weighted by Gasteiger charge is -2.26. The van der Waals surface area contributed by atoms with Crippen LogP contribution in [0.3, 0.4) is 0 Å². The van der Waals surface area contributed by atoms with Crippen LogP contribution in [0.1, 0.15) is 18.4 Å². The fourth-order valence-electron chi connectivity index (χ4n) is 3.80. The van der Waals surface area contributed by atoms with Gasteiger partial charge in [-0.15, -0.1) is 0 Å². The van der Waals surface area contributed by atoms with Crippen LogP contribution >= 0.6 is 0 Å². The summed E-state index contributed by atoms with van der Waals surface area (Å²) in [6.45, 7) is 0.298. The number of hydrogen-bond acceptors (Lipinski definition) is 5. The Morgan fingerprint density at radius 3 is 2.22 bits per heavy atom. The second-order valence-corrected chi connectivity index (χ2v) is 10.1. The normalized spacial score (nSPS) is 19.2. The summed E-state index contributed by atoms with van der Waals surface area (Å²) in [6.07, 6.45) is 0.354. The van der Waals surface area contributed by atoms with Crippen LogP contribution < -0.4 is 10.5 Å². The van der Waals surface area contributed by atoms with Crippen LogP contribution in [0.2, 0.25) is 0 Å². The van der Waals surface area contributed by atoms with E-state index in [4.69, 9.17) is 21.0 Å². The highest BCUT2D eigenvalue weighted by atomic mass is 32.2. The Morgan fingerprint density at radius 2 is 1.72 bits per heavy atom. The minimum absolute atomic E-state index is 0.0168. The van der Waals surface area contributed by atoms with E-state index < -0.39 is 22.2 Å². The van der Waals surface area contributed by atoms with Crippen molar-refractivity contribution in [2.75, 3.05) is 27.2 Å². The van der Waals surface area contributed by atoms with E-state index in [1.807, 2.05) is 36.4 Å². The van der Waals surface area contributed by atoms with E-state index in [1.54, 1.807) is 12.1 Å². The van der Waals surface area contributed by atoms with Crippen LogP contribution in [0.15, 0.2) is 48.5 Å². The number of hydrogen-bond donors (Lipinski definition) is 3. The minimum Gasteiger partial charge on any atom is -0.492 e. The number of nitrogens with one attached hydrogen (secondary N) is 1. The topological polar surface area (TPSA) is 137 Å². The molecule has 1 aliphatic heterocycles. The number of rotatable bonds is 9. The third kappa shape index (κ3) is 5.45. The van der Waals surface area contributed by atoms with E-state index in [2.05, 4.69) is 0 Å².